The maximum absolute atomic E-state index is 12.6. The number of rotatable bonds is 10. The topological polar surface area (TPSA) is 94.0 Å². The van der Waals surface area contributed by atoms with E-state index >= 15 is 0 Å². The molecule has 1 aliphatic rings. The third-order valence-corrected chi connectivity index (χ3v) is 7.48. The number of carboxylic acid groups (broad SMARTS) is 1. The Bertz CT molecular complexity index is 1340. The molecule has 0 saturated carbocycles. The van der Waals surface area contributed by atoms with Crippen LogP contribution in [0.2, 0.25) is 0 Å². The van der Waals surface area contributed by atoms with Gasteiger partial charge in [-0.15, -0.1) is 0 Å². The van der Waals surface area contributed by atoms with Gasteiger partial charge in [-0.3, -0.25) is 9.97 Å². The van der Waals surface area contributed by atoms with Crippen molar-refractivity contribution in [1.29, 1.82) is 0 Å². The fourth-order valence-electron chi connectivity index (χ4n) is 5.11. The molecular formula is C33H43N3O5. The van der Waals surface area contributed by atoms with Gasteiger partial charge in [-0.05, 0) is 75.8 Å². The number of hydrogen-bond donors (Lipinski definition) is 1. The summed E-state index contributed by atoms with van der Waals surface area (Å²) >= 11 is 0. The Kier molecular flexibility index (Phi) is 9.22. The maximum atomic E-state index is 12.6. The minimum atomic E-state index is -1.16. The van der Waals surface area contributed by atoms with Crippen LogP contribution in [-0.4, -0.2) is 53.5 Å². The van der Waals surface area contributed by atoms with Gasteiger partial charge in [-0.1, -0.05) is 26.0 Å². The SMILES string of the molecule is COc1cccc(CCOc2ccc(-c3cnc(C)c([C@H](OC(C)(C)C)C(=O)O)c3N3CCC(C)(C)CC3)nc2)c1. The van der Waals surface area contributed by atoms with Crippen molar-refractivity contribution in [2.45, 2.75) is 72.5 Å². The van der Waals surface area contributed by atoms with Gasteiger partial charge in [0.25, 0.3) is 0 Å². The van der Waals surface area contributed by atoms with Crippen LogP contribution in [0.4, 0.5) is 5.69 Å². The zero-order chi connectivity index (χ0) is 29.8. The van der Waals surface area contributed by atoms with E-state index in [0.29, 0.717) is 29.3 Å². The number of pyridine rings is 2. The highest BCUT2D eigenvalue weighted by molar-refractivity contribution is 5.85. The summed E-state index contributed by atoms with van der Waals surface area (Å²) in [6.45, 7) is 14.1. The molecule has 0 bridgehead atoms. The molecule has 8 nitrogen and oxygen atoms in total. The number of piperidine rings is 1. The molecule has 1 saturated heterocycles. The number of hydrogen-bond acceptors (Lipinski definition) is 7. The second-order valence-electron chi connectivity index (χ2n) is 12.4. The predicted octanol–water partition coefficient (Wildman–Crippen LogP) is 6.65. The average Bonchev–Trinajstić information content (AvgIpc) is 2.92. The first kappa shape index (κ1) is 30.3. The van der Waals surface area contributed by atoms with Crippen molar-refractivity contribution >= 4 is 11.7 Å². The van der Waals surface area contributed by atoms with E-state index < -0.39 is 17.7 Å². The molecule has 2 aromatic heterocycles. The van der Waals surface area contributed by atoms with Gasteiger partial charge in [0.05, 0.1) is 36.9 Å². The van der Waals surface area contributed by atoms with E-state index in [1.165, 1.54) is 0 Å². The summed E-state index contributed by atoms with van der Waals surface area (Å²) in [5, 5.41) is 10.3. The Morgan fingerprint density at radius 2 is 1.80 bits per heavy atom. The number of carbonyl (C=O) groups is 1. The van der Waals surface area contributed by atoms with Gasteiger partial charge in [0.15, 0.2) is 6.10 Å². The highest BCUT2D eigenvalue weighted by atomic mass is 16.5. The number of nitrogens with zero attached hydrogens (tertiary/aromatic N) is 3. The van der Waals surface area contributed by atoms with E-state index in [0.717, 1.165) is 54.9 Å². The number of anilines is 1. The smallest absolute Gasteiger partial charge is 0.337 e. The summed E-state index contributed by atoms with van der Waals surface area (Å²) in [4.78, 5) is 24.2. The third kappa shape index (κ3) is 7.76. The lowest BCUT2D eigenvalue weighted by atomic mass is 9.82. The summed E-state index contributed by atoms with van der Waals surface area (Å²) < 4.78 is 17.4. The highest BCUT2D eigenvalue weighted by Crippen LogP contribution is 2.43. The zero-order valence-electron chi connectivity index (χ0n) is 25.4. The van der Waals surface area contributed by atoms with Crippen molar-refractivity contribution in [3.05, 3.63) is 65.6 Å². The van der Waals surface area contributed by atoms with Crippen LogP contribution in [0.5, 0.6) is 11.5 Å². The van der Waals surface area contributed by atoms with Crippen LogP contribution < -0.4 is 14.4 Å². The molecule has 1 N–H and O–H groups in total. The van der Waals surface area contributed by atoms with Crippen molar-refractivity contribution in [3.8, 4) is 22.8 Å². The van der Waals surface area contributed by atoms with Crippen LogP contribution in [0.1, 0.15) is 70.4 Å². The molecule has 0 amide bonds. The Labute approximate surface area is 243 Å². The van der Waals surface area contributed by atoms with Gasteiger partial charge in [-0.2, -0.15) is 0 Å². The van der Waals surface area contributed by atoms with E-state index in [4.69, 9.17) is 19.2 Å². The maximum Gasteiger partial charge on any atom is 0.337 e. The summed E-state index contributed by atoms with van der Waals surface area (Å²) in [5.41, 5.74) is 4.27. The van der Waals surface area contributed by atoms with Crippen molar-refractivity contribution in [3.63, 3.8) is 0 Å². The normalized spacial score (nSPS) is 15.8. The molecule has 41 heavy (non-hydrogen) atoms. The van der Waals surface area contributed by atoms with Crippen LogP contribution in [0.25, 0.3) is 11.3 Å². The number of ether oxygens (including phenoxy) is 3. The summed E-state index contributed by atoms with van der Waals surface area (Å²) in [6, 6.07) is 11.8. The van der Waals surface area contributed by atoms with Crippen LogP contribution in [0.3, 0.4) is 0 Å². The molecule has 0 radical (unpaired) electrons. The zero-order valence-corrected chi connectivity index (χ0v) is 25.4. The number of aromatic nitrogens is 2. The van der Waals surface area contributed by atoms with Crippen LogP contribution >= 0.6 is 0 Å². The fraction of sp³-hybridized carbons (Fsp3) is 0.485. The van der Waals surface area contributed by atoms with E-state index in [2.05, 4.69) is 23.7 Å². The molecule has 0 aliphatic carbocycles. The monoisotopic (exact) mass is 561 g/mol. The number of benzene rings is 1. The lowest BCUT2D eigenvalue weighted by molar-refractivity contribution is -0.160. The molecule has 0 unspecified atom stereocenters. The minimum absolute atomic E-state index is 0.231. The fourth-order valence-corrected chi connectivity index (χ4v) is 5.11. The van der Waals surface area contributed by atoms with Gasteiger partial charge in [0.2, 0.25) is 0 Å². The van der Waals surface area contributed by atoms with Gasteiger partial charge in [-0.25, -0.2) is 4.79 Å². The van der Waals surface area contributed by atoms with Crippen LogP contribution in [0, 0.1) is 12.3 Å². The first-order valence-electron chi connectivity index (χ1n) is 14.2. The molecular weight excluding hydrogens is 518 g/mol. The van der Waals surface area contributed by atoms with Crippen LogP contribution in [-0.2, 0) is 16.0 Å². The average molecular weight is 562 g/mol. The lowest BCUT2D eigenvalue weighted by Crippen LogP contribution is -2.39. The molecule has 8 heteroatoms. The summed E-state index contributed by atoms with van der Waals surface area (Å²) in [5.74, 6) is 0.455. The quantitative estimate of drug-likeness (QED) is 0.294. The molecule has 4 rings (SSSR count). The number of methoxy groups -OCH3 is 1. The summed E-state index contributed by atoms with van der Waals surface area (Å²) in [7, 11) is 1.66. The largest absolute Gasteiger partial charge is 0.497 e. The van der Waals surface area contributed by atoms with E-state index in [-0.39, 0.29) is 5.41 Å². The minimum Gasteiger partial charge on any atom is -0.497 e. The molecule has 3 heterocycles. The molecule has 1 aliphatic heterocycles. The Morgan fingerprint density at radius 1 is 1.07 bits per heavy atom. The van der Waals surface area contributed by atoms with Crippen molar-refractivity contribution < 1.29 is 24.1 Å². The third-order valence-electron chi connectivity index (χ3n) is 7.48. The number of aliphatic carboxylic acids is 1. The van der Waals surface area contributed by atoms with Gasteiger partial charge in [0.1, 0.15) is 11.5 Å². The standard InChI is InChI=1S/C33H43N3O5/c1-22-28(30(31(37)38)41-32(2,3)4)29(36-16-14-33(5,6)15-17-36)26(21-34-22)27-12-11-25(20-35-27)40-18-13-23-9-8-10-24(19-23)39-7/h8-12,19-21,30H,13-18H2,1-7H3,(H,37,38)/t30-/m0/s1. The van der Waals surface area contributed by atoms with Crippen LogP contribution in [0.15, 0.2) is 48.8 Å². The Hall–Kier alpha value is -3.65. The second-order valence-corrected chi connectivity index (χ2v) is 12.4. The molecule has 1 atom stereocenters. The highest BCUT2D eigenvalue weighted by Gasteiger charge is 2.36. The van der Waals surface area contributed by atoms with Gasteiger partial charge < -0.3 is 24.2 Å². The lowest BCUT2D eigenvalue weighted by Gasteiger charge is -2.40. The van der Waals surface area contributed by atoms with Crippen molar-refractivity contribution in [1.82, 2.24) is 9.97 Å². The molecule has 1 aromatic carbocycles. The second kappa shape index (κ2) is 12.5. The predicted molar refractivity (Wildman–Crippen MR) is 161 cm³/mol. The first-order chi connectivity index (χ1) is 19.4. The van der Waals surface area contributed by atoms with E-state index in [1.54, 1.807) is 19.5 Å². The van der Waals surface area contributed by atoms with E-state index in [1.807, 2.05) is 64.1 Å². The van der Waals surface area contributed by atoms with Crippen molar-refractivity contribution in [2.24, 2.45) is 5.41 Å². The molecule has 1 fully saturated rings. The molecule has 3 aromatic rings. The Morgan fingerprint density at radius 3 is 2.41 bits per heavy atom. The van der Waals surface area contributed by atoms with E-state index in [9.17, 15) is 9.90 Å². The number of carboxylic acids is 1. The number of aryl methyl sites for hydroxylation is 1. The Balaban J connectivity index is 1.65. The van der Waals surface area contributed by atoms with Crippen molar-refractivity contribution in [2.75, 3.05) is 31.7 Å². The molecule has 220 valence electrons. The van der Waals surface area contributed by atoms with Gasteiger partial charge >= 0.3 is 5.97 Å². The summed E-state index contributed by atoms with van der Waals surface area (Å²) in [6.07, 6.45) is 5.09. The molecule has 0 spiro atoms. The van der Waals surface area contributed by atoms with Gasteiger partial charge in [0, 0.05) is 42.5 Å². The first-order valence-corrected chi connectivity index (χ1v) is 14.2.